The maximum absolute atomic E-state index is 13.0. The second-order valence-corrected chi connectivity index (χ2v) is 4.88. The number of rotatable bonds is 3. The highest BCUT2D eigenvalue weighted by Gasteiger charge is 2.37. The van der Waals surface area contributed by atoms with Gasteiger partial charge in [-0.1, -0.05) is 6.07 Å². The van der Waals surface area contributed by atoms with Crippen molar-refractivity contribution >= 4 is 11.7 Å². The summed E-state index contributed by atoms with van der Waals surface area (Å²) in [7, 11) is 0. The van der Waals surface area contributed by atoms with Crippen molar-refractivity contribution in [2.45, 2.75) is 38.2 Å². The minimum atomic E-state index is -2.61. The van der Waals surface area contributed by atoms with Gasteiger partial charge in [0, 0.05) is 31.5 Å². The van der Waals surface area contributed by atoms with Gasteiger partial charge in [0.2, 0.25) is 11.8 Å². The quantitative estimate of drug-likeness (QED) is 0.884. The molecule has 1 saturated carbocycles. The van der Waals surface area contributed by atoms with Crippen molar-refractivity contribution in [2.24, 2.45) is 11.7 Å². The lowest BCUT2D eigenvalue weighted by molar-refractivity contribution is -0.124. The SMILES string of the molecule is NCc1ccc(NC(=O)C2CCC(F)(F)CC2)nc1. The first kappa shape index (κ1) is 13.9. The first-order valence-corrected chi connectivity index (χ1v) is 6.34. The van der Waals surface area contributed by atoms with Crippen LogP contribution < -0.4 is 11.1 Å². The first-order chi connectivity index (χ1) is 9.00. The van der Waals surface area contributed by atoms with Crippen LogP contribution in [0, 0.1) is 5.92 Å². The number of alkyl halides is 2. The van der Waals surface area contributed by atoms with Crippen molar-refractivity contribution in [3.05, 3.63) is 23.9 Å². The zero-order valence-electron chi connectivity index (χ0n) is 10.5. The molecule has 104 valence electrons. The lowest BCUT2D eigenvalue weighted by atomic mass is 9.86. The molecule has 0 aliphatic heterocycles. The van der Waals surface area contributed by atoms with Gasteiger partial charge in [0.1, 0.15) is 5.82 Å². The van der Waals surface area contributed by atoms with E-state index in [9.17, 15) is 13.6 Å². The van der Waals surface area contributed by atoms with E-state index < -0.39 is 5.92 Å². The number of carbonyl (C=O) groups is 1. The molecular weight excluding hydrogens is 252 g/mol. The molecule has 1 aliphatic rings. The number of pyridine rings is 1. The predicted octanol–water partition coefficient (Wildman–Crippen LogP) is 2.30. The predicted molar refractivity (Wildman–Crippen MR) is 67.7 cm³/mol. The standard InChI is InChI=1S/C13H17F2N3O/c14-13(15)5-3-10(4-6-13)12(19)18-11-2-1-9(7-16)8-17-11/h1-2,8,10H,3-7,16H2,(H,17,18,19). The molecule has 4 nitrogen and oxygen atoms in total. The van der Waals surface area contributed by atoms with E-state index >= 15 is 0 Å². The molecule has 1 heterocycles. The van der Waals surface area contributed by atoms with Crippen LogP contribution in [0.4, 0.5) is 14.6 Å². The van der Waals surface area contributed by atoms with Crippen LogP contribution in [0.15, 0.2) is 18.3 Å². The molecule has 3 N–H and O–H groups in total. The fourth-order valence-corrected chi connectivity index (χ4v) is 2.15. The number of nitrogens with two attached hydrogens (primary N) is 1. The molecule has 0 atom stereocenters. The van der Waals surface area contributed by atoms with E-state index in [-0.39, 0.29) is 37.5 Å². The Morgan fingerprint density at radius 3 is 2.63 bits per heavy atom. The van der Waals surface area contributed by atoms with Crippen LogP contribution >= 0.6 is 0 Å². The van der Waals surface area contributed by atoms with Gasteiger partial charge >= 0.3 is 0 Å². The highest BCUT2D eigenvalue weighted by molar-refractivity contribution is 5.91. The van der Waals surface area contributed by atoms with Gasteiger partial charge in [0.05, 0.1) is 0 Å². The number of carbonyl (C=O) groups excluding carboxylic acids is 1. The van der Waals surface area contributed by atoms with Gasteiger partial charge in [-0.2, -0.15) is 0 Å². The van der Waals surface area contributed by atoms with Crippen LogP contribution in [0.2, 0.25) is 0 Å². The monoisotopic (exact) mass is 269 g/mol. The van der Waals surface area contributed by atoms with Crippen molar-refractivity contribution in [1.82, 2.24) is 4.98 Å². The Balaban J connectivity index is 1.90. The Labute approximate surface area is 110 Å². The topological polar surface area (TPSA) is 68.0 Å². The molecule has 0 bridgehead atoms. The number of anilines is 1. The normalized spacial score (nSPS) is 19.1. The van der Waals surface area contributed by atoms with E-state index in [0.29, 0.717) is 12.4 Å². The van der Waals surface area contributed by atoms with Gasteiger partial charge in [-0.05, 0) is 24.5 Å². The summed E-state index contributed by atoms with van der Waals surface area (Å²) in [5.74, 6) is -2.77. The minimum absolute atomic E-state index is 0.218. The van der Waals surface area contributed by atoms with Crippen molar-refractivity contribution in [3.8, 4) is 0 Å². The third-order valence-corrected chi connectivity index (χ3v) is 3.40. The molecule has 1 aromatic heterocycles. The minimum Gasteiger partial charge on any atom is -0.326 e. The van der Waals surface area contributed by atoms with E-state index in [2.05, 4.69) is 10.3 Å². The number of hydrogen-bond donors (Lipinski definition) is 2. The molecule has 1 amide bonds. The fraction of sp³-hybridized carbons (Fsp3) is 0.538. The van der Waals surface area contributed by atoms with Crippen LogP contribution in [0.1, 0.15) is 31.2 Å². The Bertz CT molecular complexity index is 438. The highest BCUT2D eigenvalue weighted by Crippen LogP contribution is 2.36. The number of hydrogen-bond acceptors (Lipinski definition) is 3. The van der Waals surface area contributed by atoms with Gasteiger partial charge in [0.15, 0.2) is 0 Å². The maximum Gasteiger partial charge on any atom is 0.248 e. The summed E-state index contributed by atoms with van der Waals surface area (Å²) < 4.78 is 26.0. The summed E-state index contributed by atoms with van der Waals surface area (Å²) >= 11 is 0. The molecule has 1 aliphatic carbocycles. The average molecular weight is 269 g/mol. The highest BCUT2D eigenvalue weighted by atomic mass is 19.3. The largest absolute Gasteiger partial charge is 0.326 e. The summed E-state index contributed by atoms with van der Waals surface area (Å²) in [5.41, 5.74) is 6.32. The van der Waals surface area contributed by atoms with Gasteiger partial charge in [0.25, 0.3) is 0 Å². The summed E-state index contributed by atoms with van der Waals surface area (Å²) in [4.78, 5) is 16.0. The van der Waals surface area contributed by atoms with E-state index in [1.807, 2.05) is 0 Å². The molecule has 2 rings (SSSR count). The summed E-state index contributed by atoms with van der Waals surface area (Å²) in [6.45, 7) is 0.388. The third kappa shape index (κ3) is 3.70. The molecular formula is C13H17F2N3O. The molecule has 1 aromatic rings. The number of nitrogens with one attached hydrogen (secondary N) is 1. The number of amides is 1. The number of halogens is 2. The molecule has 0 saturated heterocycles. The molecule has 0 aromatic carbocycles. The fourth-order valence-electron chi connectivity index (χ4n) is 2.15. The Kier molecular flexibility index (Phi) is 4.09. The van der Waals surface area contributed by atoms with Crippen molar-refractivity contribution < 1.29 is 13.6 Å². The summed E-state index contributed by atoms with van der Waals surface area (Å²) in [5, 5.41) is 2.65. The third-order valence-electron chi connectivity index (χ3n) is 3.40. The van der Waals surface area contributed by atoms with Gasteiger partial charge < -0.3 is 11.1 Å². The van der Waals surface area contributed by atoms with Gasteiger partial charge in [-0.15, -0.1) is 0 Å². The number of nitrogens with zero attached hydrogens (tertiary/aromatic N) is 1. The van der Waals surface area contributed by atoms with Gasteiger partial charge in [-0.3, -0.25) is 4.79 Å². The van der Waals surface area contributed by atoms with Crippen LogP contribution in [0.3, 0.4) is 0 Å². The lowest BCUT2D eigenvalue weighted by Gasteiger charge is -2.27. The van der Waals surface area contributed by atoms with Crippen LogP contribution in [-0.4, -0.2) is 16.8 Å². The second-order valence-electron chi connectivity index (χ2n) is 4.88. The Morgan fingerprint density at radius 1 is 1.42 bits per heavy atom. The van der Waals surface area contributed by atoms with Crippen molar-refractivity contribution in [2.75, 3.05) is 5.32 Å². The zero-order valence-corrected chi connectivity index (χ0v) is 10.5. The molecule has 0 radical (unpaired) electrons. The molecule has 19 heavy (non-hydrogen) atoms. The average Bonchev–Trinajstić information content (AvgIpc) is 2.39. The first-order valence-electron chi connectivity index (χ1n) is 6.34. The maximum atomic E-state index is 13.0. The molecule has 6 heteroatoms. The van der Waals surface area contributed by atoms with Gasteiger partial charge in [-0.25, -0.2) is 13.8 Å². The van der Waals surface area contributed by atoms with E-state index in [0.717, 1.165) is 5.56 Å². The molecule has 0 spiro atoms. The molecule has 1 fully saturated rings. The smallest absolute Gasteiger partial charge is 0.248 e. The van der Waals surface area contributed by atoms with Crippen molar-refractivity contribution in [3.63, 3.8) is 0 Å². The second kappa shape index (κ2) is 5.61. The van der Waals surface area contributed by atoms with Crippen LogP contribution in [0.25, 0.3) is 0 Å². The lowest BCUT2D eigenvalue weighted by Crippen LogP contribution is -2.32. The zero-order chi connectivity index (χ0) is 13.9. The molecule has 0 unspecified atom stereocenters. The Hall–Kier alpha value is -1.56. The van der Waals surface area contributed by atoms with E-state index in [1.54, 1.807) is 18.3 Å². The van der Waals surface area contributed by atoms with Crippen molar-refractivity contribution in [1.29, 1.82) is 0 Å². The van der Waals surface area contributed by atoms with Crippen LogP contribution in [-0.2, 0) is 11.3 Å². The number of aromatic nitrogens is 1. The summed E-state index contributed by atoms with van der Waals surface area (Å²) in [6.07, 6.45) is 1.60. The Morgan fingerprint density at radius 2 is 2.11 bits per heavy atom. The summed E-state index contributed by atoms with van der Waals surface area (Å²) in [6, 6.07) is 3.44. The van der Waals surface area contributed by atoms with E-state index in [4.69, 9.17) is 5.73 Å². The van der Waals surface area contributed by atoms with E-state index in [1.165, 1.54) is 0 Å². The van der Waals surface area contributed by atoms with Crippen LogP contribution in [0.5, 0.6) is 0 Å².